The SMILES string of the molecule is Cc1ccc2c(c1)C(C)(C)C(/C=C/C=C1/N(C)c3ccc(C)cc3C1(C)C)=[N+]2C.Cc1ccccc1[B-](c1ccccc1)(c1ccccc1)c1ccccc1C. The van der Waals surface area contributed by atoms with Gasteiger partial charge in [0.1, 0.15) is 13.2 Å². The maximum atomic E-state index is 2.34. The molecule has 6 aromatic carbocycles. The summed E-state index contributed by atoms with van der Waals surface area (Å²) in [6.45, 7) is 18.1. The summed E-state index contributed by atoms with van der Waals surface area (Å²) in [6.07, 6.45) is 5.55. The van der Waals surface area contributed by atoms with Crippen LogP contribution in [0.15, 0.2) is 170 Å². The number of rotatable bonds is 6. The van der Waals surface area contributed by atoms with Crippen LogP contribution < -0.4 is 26.8 Å². The van der Waals surface area contributed by atoms with Crippen LogP contribution in [-0.4, -0.2) is 30.5 Å². The minimum Gasteiger partial charge on any atom is -0.347 e. The van der Waals surface area contributed by atoms with Crippen molar-refractivity contribution in [1.82, 2.24) is 0 Å². The first-order valence-corrected chi connectivity index (χ1v) is 20.1. The number of hydrogen-bond acceptors (Lipinski definition) is 1. The molecule has 2 heterocycles. The van der Waals surface area contributed by atoms with Crippen molar-refractivity contribution in [2.45, 2.75) is 66.2 Å². The van der Waals surface area contributed by atoms with Crippen LogP contribution in [0.3, 0.4) is 0 Å². The molecule has 2 aliphatic rings. The zero-order valence-electron chi connectivity index (χ0n) is 35.1. The van der Waals surface area contributed by atoms with E-state index in [0.717, 1.165) is 0 Å². The smallest absolute Gasteiger partial charge is 0.209 e. The average Bonchev–Trinajstić information content (AvgIpc) is 3.50. The Morgan fingerprint density at radius 1 is 0.554 bits per heavy atom. The van der Waals surface area contributed by atoms with Crippen LogP contribution >= 0.6 is 0 Å². The third-order valence-electron chi connectivity index (χ3n) is 12.8. The van der Waals surface area contributed by atoms with Gasteiger partial charge in [0, 0.05) is 41.6 Å². The van der Waals surface area contributed by atoms with E-state index in [4.69, 9.17) is 0 Å². The Labute approximate surface area is 336 Å². The van der Waals surface area contributed by atoms with Gasteiger partial charge in [-0.05, 0) is 65.3 Å². The highest BCUT2D eigenvalue weighted by molar-refractivity contribution is 7.20. The topological polar surface area (TPSA) is 6.25 Å². The lowest BCUT2D eigenvalue weighted by molar-refractivity contribution is -0.401. The summed E-state index contributed by atoms with van der Waals surface area (Å²) in [6, 6.07) is 53.2. The molecule has 0 saturated heterocycles. The highest BCUT2D eigenvalue weighted by Gasteiger charge is 2.43. The molecule has 0 spiro atoms. The molecule has 0 atom stereocenters. The third-order valence-corrected chi connectivity index (χ3v) is 12.8. The van der Waals surface area contributed by atoms with Crippen LogP contribution in [-0.2, 0) is 10.8 Å². The van der Waals surface area contributed by atoms with Gasteiger partial charge in [-0.3, -0.25) is 0 Å². The molecule has 0 aromatic heterocycles. The fraction of sp³-hybridized carbons (Fsp3) is 0.226. The predicted molar refractivity (Wildman–Crippen MR) is 244 cm³/mol. The molecule has 56 heavy (non-hydrogen) atoms. The van der Waals surface area contributed by atoms with Crippen LogP contribution in [0.4, 0.5) is 11.4 Å². The normalized spacial score (nSPS) is 16.2. The molecule has 0 fully saturated rings. The number of anilines is 1. The van der Waals surface area contributed by atoms with Gasteiger partial charge in [0.25, 0.3) is 0 Å². The predicted octanol–water partition coefficient (Wildman–Crippen LogP) is 9.86. The maximum Gasteiger partial charge on any atom is 0.209 e. The average molecular weight is 733 g/mol. The van der Waals surface area contributed by atoms with Crippen molar-refractivity contribution >= 4 is 45.1 Å². The van der Waals surface area contributed by atoms with Crippen LogP contribution in [0.5, 0.6) is 0 Å². The van der Waals surface area contributed by atoms with E-state index in [1.54, 1.807) is 0 Å². The monoisotopic (exact) mass is 732 g/mol. The number of benzene rings is 6. The van der Waals surface area contributed by atoms with E-state index in [1.165, 1.54) is 78.0 Å². The van der Waals surface area contributed by atoms with Crippen molar-refractivity contribution in [3.8, 4) is 0 Å². The minimum absolute atomic E-state index is 0.00226. The highest BCUT2D eigenvalue weighted by Crippen LogP contribution is 2.47. The summed E-state index contributed by atoms with van der Waals surface area (Å²) >= 11 is 0. The van der Waals surface area contributed by atoms with Crippen molar-refractivity contribution < 1.29 is 4.58 Å². The zero-order valence-corrected chi connectivity index (χ0v) is 35.1. The molecule has 3 heteroatoms. The lowest BCUT2D eigenvalue weighted by Gasteiger charge is -2.46. The first-order valence-electron chi connectivity index (χ1n) is 20.1. The number of aryl methyl sites for hydroxylation is 4. The van der Waals surface area contributed by atoms with Crippen LogP contribution in [0.25, 0.3) is 0 Å². The second-order valence-corrected chi connectivity index (χ2v) is 17.1. The van der Waals surface area contributed by atoms with Crippen molar-refractivity contribution in [2.75, 3.05) is 19.0 Å². The minimum atomic E-state index is -1.27. The standard InChI is InChI=1S/C27H33N2.C26H24B/c1-18-12-14-22-20(16-18)26(3,4)24(28(22)7)10-9-11-25-27(5,6)21-17-19(2)13-15-23(21)29(25)8;1-21-13-9-11-19-25(21)27(23-15-5-3-6-16-23,24-17-7-4-8-18-24)26-20-12-10-14-22(26)2/h9-17H,1-8H3;3-20H,1-2H3/q+1;-1. The van der Waals surface area contributed by atoms with E-state index >= 15 is 0 Å². The Bertz CT molecular complexity index is 2400. The summed E-state index contributed by atoms with van der Waals surface area (Å²) < 4.78 is 2.34. The molecule has 0 unspecified atom stereocenters. The molecule has 0 bridgehead atoms. The molecule has 8 rings (SSSR count). The summed E-state index contributed by atoms with van der Waals surface area (Å²) in [4.78, 5) is 2.34. The third kappa shape index (κ3) is 6.58. The van der Waals surface area contributed by atoms with Crippen molar-refractivity contribution in [2.24, 2.45) is 0 Å². The second-order valence-electron chi connectivity index (χ2n) is 17.1. The van der Waals surface area contributed by atoms with E-state index in [2.05, 4.69) is 243 Å². The molecule has 0 radical (unpaired) electrons. The Hall–Kier alpha value is -5.67. The van der Waals surface area contributed by atoms with Gasteiger partial charge in [0.05, 0.1) is 5.41 Å². The van der Waals surface area contributed by atoms with E-state index in [0.29, 0.717) is 0 Å². The Morgan fingerprint density at radius 2 is 1.04 bits per heavy atom. The Balaban J connectivity index is 0.000000172. The number of nitrogens with zero attached hydrogens (tertiary/aromatic N) is 2. The van der Waals surface area contributed by atoms with E-state index in [9.17, 15) is 0 Å². The number of hydrogen-bond donors (Lipinski definition) is 0. The summed E-state index contributed by atoms with van der Waals surface area (Å²) in [7, 11) is 4.36. The molecular weight excluding hydrogens is 675 g/mol. The molecule has 282 valence electrons. The van der Waals surface area contributed by atoms with Gasteiger partial charge in [0.15, 0.2) is 5.71 Å². The molecule has 2 aliphatic heterocycles. The van der Waals surface area contributed by atoms with Crippen LogP contribution in [0.1, 0.15) is 61.1 Å². The van der Waals surface area contributed by atoms with Gasteiger partial charge < -0.3 is 4.90 Å². The quantitative estimate of drug-likeness (QED) is 0.122. The van der Waals surface area contributed by atoms with Gasteiger partial charge in [0.2, 0.25) is 5.69 Å². The molecular formula is C53H57BN2. The van der Waals surface area contributed by atoms with Gasteiger partial charge in [-0.25, -0.2) is 0 Å². The number of fused-ring (bicyclic) bond motifs is 2. The van der Waals surface area contributed by atoms with Crippen LogP contribution in [0.2, 0.25) is 0 Å². The number of likely N-dealkylation sites (N-methyl/N-ethyl adjacent to an activating group) is 1. The zero-order chi connectivity index (χ0) is 39.8. The summed E-state index contributed by atoms with van der Waals surface area (Å²) in [5.74, 6) is 0. The van der Waals surface area contributed by atoms with E-state index in [-0.39, 0.29) is 10.8 Å². The largest absolute Gasteiger partial charge is 0.347 e. The maximum absolute atomic E-state index is 2.34. The van der Waals surface area contributed by atoms with Gasteiger partial charge in [-0.2, -0.15) is 26.4 Å². The molecule has 0 aliphatic carbocycles. The van der Waals surface area contributed by atoms with Crippen molar-refractivity contribution in [3.63, 3.8) is 0 Å². The Morgan fingerprint density at radius 3 is 1.57 bits per heavy atom. The molecule has 2 nitrogen and oxygen atoms in total. The van der Waals surface area contributed by atoms with Crippen molar-refractivity contribution in [3.05, 3.63) is 203 Å². The van der Waals surface area contributed by atoms with E-state index in [1.807, 2.05) is 0 Å². The molecule has 6 aromatic rings. The fourth-order valence-electron chi connectivity index (χ4n) is 9.84. The highest BCUT2D eigenvalue weighted by atomic mass is 15.2. The van der Waals surface area contributed by atoms with Gasteiger partial charge in [-0.15, -0.1) is 0 Å². The van der Waals surface area contributed by atoms with E-state index < -0.39 is 6.15 Å². The lowest BCUT2D eigenvalue weighted by Crippen LogP contribution is -2.75. The van der Waals surface area contributed by atoms with Crippen LogP contribution in [0, 0.1) is 27.7 Å². The van der Waals surface area contributed by atoms with Gasteiger partial charge >= 0.3 is 0 Å². The molecule has 0 N–H and O–H groups in total. The second kappa shape index (κ2) is 15.1. The van der Waals surface area contributed by atoms with Gasteiger partial charge in [-0.1, -0.05) is 170 Å². The summed E-state index contributed by atoms with van der Waals surface area (Å²) in [5, 5.41) is 0. The fourth-order valence-corrected chi connectivity index (χ4v) is 9.84. The first-order chi connectivity index (χ1) is 26.8. The van der Waals surface area contributed by atoms with Crippen molar-refractivity contribution in [1.29, 1.82) is 0 Å². The first kappa shape index (κ1) is 38.6. The summed E-state index contributed by atoms with van der Waals surface area (Å²) in [5.41, 5.74) is 18.9. The molecule has 0 saturated carbocycles. The number of allylic oxidation sites excluding steroid dienone is 4. The molecule has 0 amide bonds. The Kier molecular flexibility index (Phi) is 10.4. The lowest BCUT2D eigenvalue weighted by atomic mass is 9.12.